The van der Waals surface area contributed by atoms with Crippen LogP contribution in [0, 0.1) is 0 Å². The molecule has 29 heavy (non-hydrogen) atoms. The van der Waals surface area contributed by atoms with Gasteiger partial charge in [0.25, 0.3) is 5.91 Å². The fourth-order valence-electron chi connectivity index (χ4n) is 4.08. The number of aliphatic hydroxyl groups excluding tert-OH is 1. The van der Waals surface area contributed by atoms with Crippen LogP contribution < -0.4 is 9.47 Å². The predicted molar refractivity (Wildman–Crippen MR) is 109 cm³/mol. The summed E-state index contributed by atoms with van der Waals surface area (Å²) in [5.74, 6) is 1.15. The van der Waals surface area contributed by atoms with E-state index in [9.17, 15) is 9.90 Å². The Kier molecular flexibility index (Phi) is 6.79. The molecule has 7 heteroatoms. The fraction of sp³-hybridized carbons (Fsp3) is 0.545. The van der Waals surface area contributed by atoms with Crippen molar-refractivity contribution < 1.29 is 23.9 Å². The molecule has 0 spiro atoms. The number of benzene rings is 1. The van der Waals surface area contributed by atoms with E-state index in [-0.39, 0.29) is 17.7 Å². The highest BCUT2D eigenvalue weighted by Gasteiger charge is 2.33. The van der Waals surface area contributed by atoms with Gasteiger partial charge in [-0.1, -0.05) is 24.4 Å². The summed E-state index contributed by atoms with van der Waals surface area (Å²) in [4.78, 5) is 15.5. The van der Waals surface area contributed by atoms with Crippen molar-refractivity contribution in [1.82, 2.24) is 10.1 Å². The van der Waals surface area contributed by atoms with E-state index in [2.05, 4.69) is 5.16 Å². The van der Waals surface area contributed by atoms with Gasteiger partial charge in [0.15, 0.2) is 17.3 Å². The predicted octanol–water partition coefficient (Wildman–Crippen LogP) is 4.21. The summed E-state index contributed by atoms with van der Waals surface area (Å²) in [6.07, 6.45) is 4.53. The minimum Gasteiger partial charge on any atom is -0.493 e. The molecule has 1 atom stereocenters. The van der Waals surface area contributed by atoms with Gasteiger partial charge in [-0.2, -0.15) is 0 Å². The monoisotopic (exact) mass is 402 g/mol. The van der Waals surface area contributed by atoms with E-state index in [1.165, 1.54) is 6.42 Å². The molecule has 1 amide bonds. The van der Waals surface area contributed by atoms with Gasteiger partial charge in [0.05, 0.1) is 14.2 Å². The average molecular weight is 402 g/mol. The third-order valence-corrected chi connectivity index (χ3v) is 5.59. The minimum atomic E-state index is -0.944. The van der Waals surface area contributed by atoms with Crippen molar-refractivity contribution >= 4 is 5.91 Å². The number of rotatable bonds is 7. The van der Waals surface area contributed by atoms with E-state index >= 15 is 0 Å². The number of aliphatic hydroxyl groups is 1. The lowest BCUT2D eigenvalue weighted by Crippen LogP contribution is -2.41. The molecule has 1 aliphatic carbocycles. The number of carbonyl (C=O) groups is 1. The van der Waals surface area contributed by atoms with Crippen LogP contribution in [0.1, 0.15) is 68.2 Å². The van der Waals surface area contributed by atoms with Gasteiger partial charge in [-0.25, -0.2) is 0 Å². The summed E-state index contributed by atoms with van der Waals surface area (Å²) in [5.41, 5.74) is 1.39. The minimum absolute atomic E-state index is 0.152. The lowest BCUT2D eigenvalue weighted by Gasteiger charge is -2.33. The average Bonchev–Trinajstić information content (AvgIpc) is 3.20. The second kappa shape index (κ2) is 9.31. The van der Waals surface area contributed by atoms with Gasteiger partial charge in [0.1, 0.15) is 17.4 Å². The zero-order valence-electron chi connectivity index (χ0n) is 17.6. The zero-order chi connectivity index (χ0) is 21.0. The molecule has 0 aliphatic heterocycles. The molecule has 1 aliphatic rings. The summed E-state index contributed by atoms with van der Waals surface area (Å²) < 4.78 is 16.1. The fourth-order valence-corrected chi connectivity index (χ4v) is 4.08. The highest BCUT2D eigenvalue weighted by atomic mass is 16.5. The maximum Gasteiger partial charge on any atom is 0.260 e. The summed E-state index contributed by atoms with van der Waals surface area (Å²) >= 11 is 0. The largest absolute Gasteiger partial charge is 0.493 e. The number of carbonyl (C=O) groups excluding carboxylic acids is 1. The second-order valence-electron chi connectivity index (χ2n) is 7.40. The molecular formula is C22H30N2O5. The standard InChI is InChI=1S/C22H30N2O5/c1-5-24(16-9-7-6-8-10-16)22(26)19-20(23-29-21(19)14(2)25)15-11-12-17(27-3)18(13-15)28-4/h11-14,16,25H,5-10H2,1-4H3/t14-/m0/s1. The number of ether oxygens (including phenoxy) is 2. The SMILES string of the molecule is CCN(C(=O)c1c(-c2ccc(OC)c(OC)c2)noc1[C@H](C)O)C1CCCCC1. The molecule has 158 valence electrons. The summed E-state index contributed by atoms with van der Waals surface area (Å²) in [7, 11) is 3.12. The number of aromatic nitrogens is 1. The first kappa shape index (κ1) is 21.2. The molecule has 0 unspecified atom stereocenters. The van der Waals surface area contributed by atoms with Crippen molar-refractivity contribution in [3.8, 4) is 22.8 Å². The van der Waals surface area contributed by atoms with Gasteiger partial charge >= 0.3 is 0 Å². The van der Waals surface area contributed by atoms with Crippen LogP contribution in [0.4, 0.5) is 0 Å². The Bertz CT molecular complexity index is 840. The molecule has 0 radical (unpaired) electrons. The van der Waals surface area contributed by atoms with Crippen LogP contribution in [0.25, 0.3) is 11.3 Å². The number of hydrogen-bond donors (Lipinski definition) is 1. The zero-order valence-corrected chi connectivity index (χ0v) is 17.6. The van der Waals surface area contributed by atoms with Crippen LogP contribution in [0.5, 0.6) is 11.5 Å². The third-order valence-electron chi connectivity index (χ3n) is 5.59. The van der Waals surface area contributed by atoms with Gasteiger partial charge in [-0.15, -0.1) is 0 Å². The van der Waals surface area contributed by atoms with E-state index < -0.39 is 6.10 Å². The molecule has 3 rings (SSSR count). The van der Waals surface area contributed by atoms with Crippen molar-refractivity contribution in [2.75, 3.05) is 20.8 Å². The molecule has 0 bridgehead atoms. The molecule has 0 saturated heterocycles. The smallest absolute Gasteiger partial charge is 0.260 e. The molecule has 1 aromatic heterocycles. The van der Waals surface area contributed by atoms with Crippen LogP contribution in [0.3, 0.4) is 0 Å². The Morgan fingerprint density at radius 2 is 1.93 bits per heavy atom. The Morgan fingerprint density at radius 1 is 1.24 bits per heavy atom. The molecule has 7 nitrogen and oxygen atoms in total. The van der Waals surface area contributed by atoms with Gasteiger partial charge in [-0.05, 0) is 44.9 Å². The molecule has 1 saturated carbocycles. The first-order valence-electron chi connectivity index (χ1n) is 10.2. The lowest BCUT2D eigenvalue weighted by atomic mass is 9.93. The van der Waals surface area contributed by atoms with Crippen molar-refractivity contribution in [3.63, 3.8) is 0 Å². The maximum absolute atomic E-state index is 13.6. The number of amides is 1. The van der Waals surface area contributed by atoms with Crippen LogP contribution in [0.2, 0.25) is 0 Å². The molecule has 1 heterocycles. The van der Waals surface area contributed by atoms with E-state index in [0.717, 1.165) is 25.7 Å². The van der Waals surface area contributed by atoms with Crippen LogP contribution in [-0.4, -0.2) is 47.9 Å². The summed E-state index contributed by atoms with van der Waals surface area (Å²) in [6.45, 7) is 4.16. The van der Waals surface area contributed by atoms with E-state index in [1.54, 1.807) is 39.3 Å². The Hall–Kier alpha value is -2.54. The lowest BCUT2D eigenvalue weighted by molar-refractivity contribution is 0.0637. The normalized spacial score (nSPS) is 15.8. The van der Waals surface area contributed by atoms with Crippen LogP contribution in [-0.2, 0) is 0 Å². The second-order valence-corrected chi connectivity index (χ2v) is 7.40. The van der Waals surface area contributed by atoms with Crippen molar-refractivity contribution in [2.24, 2.45) is 0 Å². The van der Waals surface area contributed by atoms with Crippen molar-refractivity contribution in [2.45, 2.75) is 58.1 Å². The molecule has 2 aromatic rings. The maximum atomic E-state index is 13.6. The van der Waals surface area contributed by atoms with E-state index in [4.69, 9.17) is 14.0 Å². The van der Waals surface area contributed by atoms with Crippen molar-refractivity contribution in [3.05, 3.63) is 29.5 Å². The number of nitrogens with zero attached hydrogens (tertiary/aromatic N) is 2. The van der Waals surface area contributed by atoms with Gasteiger partial charge in [0.2, 0.25) is 0 Å². The van der Waals surface area contributed by atoms with E-state index in [0.29, 0.717) is 34.9 Å². The quantitative estimate of drug-likeness (QED) is 0.747. The summed E-state index contributed by atoms with van der Waals surface area (Å²) in [6, 6.07) is 5.53. The first-order valence-corrected chi connectivity index (χ1v) is 10.2. The van der Waals surface area contributed by atoms with Crippen molar-refractivity contribution in [1.29, 1.82) is 0 Å². The van der Waals surface area contributed by atoms with Gasteiger partial charge in [-0.3, -0.25) is 4.79 Å². The highest BCUT2D eigenvalue weighted by Crippen LogP contribution is 2.36. The highest BCUT2D eigenvalue weighted by molar-refractivity contribution is 6.01. The topological polar surface area (TPSA) is 85.0 Å². The third kappa shape index (κ3) is 4.24. The molecule has 1 fully saturated rings. The Morgan fingerprint density at radius 3 is 2.52 bits per heavy atom. The Labute approximate surface area is 171 Å². The molecule has 1 N–H and O–H groups in total. The summed E-state index contributed by atoms with van der Waals surface area (Å²) in [5, 5.41) is 14.4. The van der Waals surface area contributed by atoms with Crippen LogP contribution >= 0.6 is 0 Å². The number of methoxy groups -OCH3 is 2. The number of hydrogen-bond acceptors (Lipinski definition) is 6. The van der Waals surface area contributed by atoms with E-state index in [1.807, 2.05) is 11.8 Å². The van der Waals surface area contributed by atoms with Gasteiger partial charge < -0.3 is 24.0 Å². The molecular weight excluding hydrogens is 372 g/mol. The molecule has 1 aromatic carbocycles. The first-order chi connectivity index (χ1) is 14.0. The van der Waals surface area contributed by atoms with Crippen LogP contribution in [0.15, 0.2) is 22.7 Å². The Balaban J connectivity index is 2.05. The van der Waals surface area contributed by atoms with Gasteiger partial charge in [0, 0.05) is 18.2 Å².